The van der Waals surface area contributed by atoms with Crippen molar-refractivity contribution in [3.05, 3.63) is 28.8 Å². The minimum absolute atomic E-state index is 0.000125. The molecule has 0 saturated carbocycles. The molecule has 2 amide bonds. The number of piperidine rings is 1. The first-order valence-corrected chi connectivity index (χ1v) is 9.13. The molecule has 1 aromatic rings. The van der Waals surface area contributed by atoms with Gasteiger partial charge in [-0.25, -0.2) is 0 Å². The van der Waals surface area contributed by atoms with Gasteiger partial charge in [-0.05, 0) is 51.4 Å². The Morgan fingerprint density at radius 1 is 1.26 bits per heavy atom. The number of alkyl halides is 3. The Balaban J connectivity index is 1.95. The number of amides is 2. The third-order valence-electron chi connectivity index (χ3n) is 4.63. The summed E-state index contributed by atoms with van der Waals surface area (Å²) >= 11 is 5.57. The van der Waals surface area contributed by atoms with Crippen LogP contribution < -0.4 is 5.32 Å². The van der Waals surface area contributed by atoms with Gasteiger partial charge in [-0.1, -0.05) is 11.6 Å². The molecule has 1 N–H and O–H groups in total. The van der Waals surface area contributed by atoms with Crippen LogP contribution in [-0.2, 0) is 15.8 Å². The van der Waals surface area contributed by atoms with E-state index in [2.05, 4.69) is 5.32 Å². The summed E-state index contributed by atoms with van der Waals surface area (Å²) in [5.74, 6) is -0.554. The molecule has 0 aliphatic carbocycles. The second kappa shape index (κ2) is 8.93. The maximum atomic E-state index is 12.9. The average Bonchev–Trinajstić information content (AvgIpc) is 2.61. The normalized spacial score (nSPS) is 16.3. The first-order valence-electron chi connectivity index (χ1n) is 8.75. The van der Waals surface area contributed by atoms with E-state index in [1.807, 2.05) is 0 Å². The van der Waals surface area contributed by atoms with Gasteiger partial charge in [0, 0.05) is 18.8 Å². The van der Waals surface area contributed by atoms with E-state index in [0.29, 0.717) is 13.1 Å². The quantitative estimate of drug-likeness (QED) is 0.813. The Bertz CT molecular complexity index is 691. The van der Waals surface area contributed by atoms with Crippen LogP contribution in [0.3, 0.4) is 0 Å². The Morgan fingerprint density at radius 2 is 1.89 bits per heavy atom. The number of carbonyl (C=O) groups is 2. The van der Waals surface area contributed by atoms with Gasteiger partial charge in [0.25, 0.3) is 0 Å². The maximum Gasteiger partial charge on any atom is 0.417 e. The predicted molar refractivity (Wildman–Crippen MR) is 97.6 cm³/mol. The number of likely N-dealkylation sites (tertiary alicyclic amines) is 1. The van der Waals surface area contributed by atoms with Crippen molar-refractivity contribution in [1.82, 2.24) is 9.80 Å². The molecule has 9 heteroatoms. The van der Waals surface area contributed by atoms with Crippen LogP contribution in [0.1, 0.15) is 31.7 Å². The largest absolute Gasteiger partial charge is 0.417 e. The number of likely N-dealkylation sites (N-methyl/N-ethyl adjacent to an activating group) is 1. The van der Waals surface area contributed by atoms with Crippen LogP contribution in [0.2, 0.25) is 5.02 Å². The molecular formula is C18H23ClF3N3O2. The van der Waals surface area contributed by atoms with Crippen molar-refractivity contribution in [2.45, 2.75) is 38.4 Å². The Kier molecular flexibility index (Phi) is 7.11. The minimum Gasteiger partial charge on any atom is -0.341 e. The van der Waals surface area contributed by atoms with Crippen LogP contribution in [0.4, 0.5) is 18.9 Å². The van der Waals surface area contributed by atoms with Gasteiger partial charge in [0.2, 0.25) is 11.8 Å². The fourth-order valence-electron chi connectivity index (χ4n) is 2.95. The monoisotopic (exact) mass is 405 g/mol. The van der Waals surface area contributed by atoms with Crippen LogP contribution in [0.15, 0.2) is 18.2 Å². The predicted octanol–water partition coefficient (Wildman–Crippen LogP) is 3.63. The number of nitrogens with zero attached hydrogens (tertiary/aromatic N) is 2. The van der Waals surface area contributed by atoms with Crippen molar-refractivity contribution < 1.29 is 22.8 Å². The van der Waals surface area contributed by atoms with Crippen molar-refractivity contribution in [1.29, 1.82) is 0 Å². The third kappa shape index (κ3) is 5.84. The summed E-state index contributed by atoms with van der Waals surface area (Å²) in [7, 11) is 1.63. The van der Waals surface area contributed by atoms with E-state index >= 15 is 0 Å². The lowest BCUT2D eigenvalue weighted by molar-refractivity contribution is -0.138. The number of carbonyl (C=O) groups excluding carboxylic acids is 2. The van der Waals surface area contributed by atoms with Gasteiger partial charge in [-0.2, -0.15) is 13.2 Å². The zero-order chi connectivity index (χ0) is 20.2. The van der Waals surface area contributed by atoms with Gasteiger partial charge < -0.3 is 10.2 Å². The topological polar surface area (TPSA) is 52.7 Å². The number of hydrogen-bond acceptors (Lipinski definition) is 3. The van der Waals surface area contributed by atoms with Gasteiger partial charge in [0.05, 0.1) is 23.2 Å². The van der Waals surface area contributed by atoms with Gasteiger partial charge in [0.15, 0.2) is 0 Å². The third-order valence-corrected chi connectivity index (χ3v) is 4.96. The zero-order valence-electron chi connectivity index (χ0n) is 15.3. The van der Waals surface area contributed by atoms with E-state index in [4.69, 9.17) is 11.6 Å². The Labute approximate surface area is 161 Å². The summed E-state index contributed by atoms with van der Waals surface area (Å²) in [4.78, 5) is 28.0. The molecule has 1 aliphatic heterocycles. The van der Waals surface area contributed by atoms with Crippen LogP contribution in [0.25, 0.3) is 0 Å². The summed E-state index contributed by atoms with van der Waals surface area (Å²) < 4.78 is 38.7. The zero-order valence-corrected chi connectivity index (χ0v) is 16.0. The molecule has 27 heavy (non-hydrogen) atoms. The number of nitrogens with one attached hydrogen (secondary N) is 1. The van der Waals surface area contributed by atoms with Crippen LogP contribution >= 0.6 is 11.6 Å². The molecule has 5 nitrogen and oxygen atoms in total. The van der Waals surface area contributed by atoms with Crippen LogP contribution in [0, 0.1) is 0 Å². The maximum absolute atomic E-state index is 12.9. The van der Waals surface area contributed by atoms with Crippen LogP contribution in [-0.4, -0.2) is 54.3 Å². The standard InChI is InChI=1S/C18H23ClF3N3O2/c1-12(17(27)25-8-4-3-5-9-25)24(2)11-16(26)23-13-6-7-15(19)14(10-13)18(20,21)22/h6-7,10,12H,3-5,8-9,11H2,1-2H3,(H,23,26)/t12-/m1/s1. The molecule has 1 aromatic carbocycles. The Morgan fingerprint density at radius 3 is 2.48 bits per heavy atom. The van der Waals surface area contributed by atoms with Crippen molar-refractivity contribution in [3.63, 3.8) is 0 Å². The van der Waals surface area contributed by atoms with Gasteiger partial charge >= 0.3 is 6.18 Å². The van der Waals surface area contributed by atoms with E-state index in [9.17, 15) is 22.8 Å². The molecule has 0 unspecified atom stereocenters. The van der Waals surface area contributed by atoms with E-state index < -0.39 is 28.7 Å². The second-order valence-electron chi connectivity index (χ2n) is 6.72. The molecule has 2 rings (SSSR count). The lowest BCUT2D eigenvalue weighted by atomic mass is 10.1. The number of benzene rings is 1. The Hall–Kier alpha value is -1.80. The average molecular weight is 406 g/mol. The van der Waals surface area contributed by atoms with Crippen LogP contribution in [0.5, 0.6) is 0 Å². The summed E-state index contributed by atoms with van der Waals surface area (Å²) in [5.41, 5.74) is -1.01. The first-order chi connectivity index (χ1) is 12.6. The molecule has 1 heterocycles. The lowest BCUT2D eigenvalue weighted by Crippen LogP contribution is -2.49. The van der Waals surface area contributed by atoms with Crippen molar-refractivity contribution >= 4 is 29.1 Å². The summed E-state index contributed by atoms with van der Waals surface area (Å²) in [6, 6.07) is 2.69. The molecular weight excluding hydrogens is 383 g/mol. The van der Waals surface area contributed by atoms with E-state index in [0.717, 1.165) is 31.4 Å². The van der Waals surface area contributed by atoms with Gasteiger partial charge in [-0.3, -0.25) is 14.5 Å². The van der Waals surface area contributed by atoms with Gasteiger partial charge in [-0.15, -0.1) is 0 Å². The minimum atomic E-state index is -4.61. The SMILES string of the molecule is C[C@H](C(=O)N1CCCCC1)N(C)CC(=O)Nc1ccc(Cl)c(C(F)(F)F)c1. The smallest absolute Gasteiger partial charge is 0.341 e. The highest BCUT2D eigenvalue weighted by Crippen LogP contribution is 2.36. The van der Waals surface area contributed by atoms with E-state index in [1.54, 1.807) is 23.8 Å². The van der Waals surface area contributed by atoms with E-state index in [-0.39, 0.29) is 18.1 Å². The van der Waals surface area contributed by atoms with E-state index in [1.165, 1.54) is 6.07 Å². The molecule has 1 aliphatic rings. The molecule has 150 valence electrons. The molecule has 0 spiro atoms. The highest BCUT2D eigenvalue weighted by molar-refractivity contribution is 6.31. The fraction of sp³-hybridized carbons (Fsp3) is 0.556. The molecule has 1 saturated heterocycles. The first kappa shape index (κ1) is 21.5. The number of hydrogen-bond donors (Lipinski definition) is 1. The number of halogens is 4. The second-order valence-corrected chi connectivity index (χ2v) is 7.12. The molecule has 1 fully saturated rings. The molecule has 1 atom stereocenters. The molecule has 0 aromatic heterocycles. The summed E-state index contributed by atoms with van der Waals surface area (Å²) in [6.07, 6.45) is -1.55. The van der Waals surface area contributed by atoms with Crippen molar-refractivity contribution in [3.8, 4) is 0 Å². The lowest BCUT2D eigenvalue weighted by Gasteiger charge is -2.32. The highest BCUT2D eigenvalue weighted by atomic mass is 35.5. The van der Waals surface area contributed by atoms with Gasteiger partial charge in [0.1, 0.15) is 0 Å². The highest BCUT2D eigenvalue weighted by Gasteiger charge is 2.33. The molecule has 0 bridgehead atoms. The van der Waals surface area contributed by atoms with Crippen molar-refractivity contribution in [2.24, 2.45) is 0 Å². The summed E-state index contributed by atoms with van der Waals surface area (Å²) in [5, 5.41) is 1.99. The fourth-order valence-corrected chi connectivity index (χ4v) is 3.18. The summed E-state index contributed by atoms with van der Waals surface area (Å²) in [6.45, 7) is 3.03. The number of anilines is 1. The number of rotatable bonds is 5. The van der Waals surface area contributed by atoms with Crippen molar-refractivity contribution in [2.75, 3.05) is 32.0 Å². The molecule has 0 radical (unpaired) electrons.